The smallest absolute Gasteiger partial charge is 0.325 e. The molecule has 0 bridgehead atoms. The van der Waals surface area contributed by atoms with Crippen LogP contribution in [0.4, 0.5) is 0 Å². The molecule has 0 radical (unpaired) electrons. The second kappa shape index (κ2) is 6.78. The van der Waals surface area contributed by atoms with Gasteiger partial charge in [0.2, 0.25) is 0 Å². The molecular formula is C15H22N2O4. The summed E-state index contributed by atoms with van der Waals surface area (Å²) in [5, 5.41) is 9.07. The lowest BCUT2D eigenvalue weighted by molar-refractivity contribution is -0.142. The van der Waals surface area contributed by atoms with Gasteiger partial charge in [0.25, 0.3) is 0 Å². The Labute approximate surface area is 124 Å². The van der Waals surface area contributed by atoms with Gasteiger partial charge in [-0.25, -0.2) is 0 Å². The van der Waals surface area contributed by atoms with Crippen LogP contribution in [0.2, 0.25) is 0 Å². The van der Waals surface area contributed by atoms with Gasteiger partial charge >= 0.3 is 5.97 Å². The summed E-state index contributed by atoms with van der Waals surface area (Å²) in [6.45, 7) is 4.81. The van der Waals surface area contributed by atoms with Crippen LogP contribution in [0.5, 0.6) is 11.5 Å². The first-order valence-corrected chi connectivity index (χ1v) is 7.14. The van der Waals surface area contributed by atoms with E-state index < -0.39 is 11.5 Å². The molecule has 6 nitrogen and oxygen atoms in total. The molecule has 2 rings (SSSR count). The first-order chi connectivity index (χ1) is 10.0. The first-order valence-electron chi connectivity index (χ1n) is 7.14. The minimum atomic E-state index is -1.11. The Morgan fingerprint density at radius 1 is 1.33 bits per heavy atom. The lowest BCUT2D eigenvalue weighted by atomic mass is 10.0. The van der Waals surface area contributed by atoms with Crippen molar-refractivity contribution in [3.8, 4) is 11.5 Å². The highest BCUT2D eigenvalue weighted by Crippen LogP contribution is 2.20. The molecule has 3 N–H and O–H groups in total. The van der Waals surface area contributed by atoms with Crippen LogP contribution >= 0.6 is 0 Å². The van der Waals surface area contributed by atoms with Crippen LogP contribution in [0.3, 0.4) is 0 Å². The number of ether oxygens (including phenoxy) is 2. The third-order valence-electron chi connectivity index (χ3n) is 3.62. The molecule has 1 atom stereocenters. The number of nitrogens with zero attached hydrogens (tertiary/aromatic N) is 1. The van der Waals surface area contributed by atoms with Gasteiger partial charge in [0.05, 0.1) is 6.61 Å². The topological polar surface area (TPSA) is 85.0 Å². The van der Waals surface area contributed by atoms with Crippen molar-refractivity contribution >= 4 is 5.97 Å². The molecule has 0 aliphatic carbocycles. The van der Waals surface area contributed by atoms with Gasteiger partial charge in [-0.2, -0.15) is 0 Å². The van der Waals surface area contributed by atoms with Gasteiger partial charge in [0.15, 0.2) is 0 Å². The van der Waals surface area contributed by atoms with Crippen LogP contribution in [0.1, 0.15) is 13.3 Å². The number of carboxylic acids is 1. The molecule has 1 aromatic rings. The zero-order valence-electron chi connectivity index (χ0n) is 12.2. The van der Waals surface area contributed by atoms with E-state index in [-0.39, 0.29) is 0 Å². The molecule has 1 aliphatic heterocycles. The predicted molar refractivity (Wildman–Crippen MR) is 78.7 cm³/mol. The summed E-state index contributed by atoms with van der Waals surface area (Å²) in [6, 6.07) is 7.45. The van der Waals surface area contributed by atoms with Crippen molar-refractivity contribution in [3.05, 3.63) is 24.3 Å². The lowest BCUT2D eigenvalue weighted by Gasteiger charge is -2.20. The minimum absolute atomic E-state index is 0.370. The molecule has 116 valence electrons. The molecular weight excluding hydrogens is 272 g/mol. The normalized spacial score (nSPS) is 22.2. The van der Waals surface area contributed by atoms with Crippen molar-refractivity contribution < 1.29 is 19.4 Å². The SMILES string of the molecule is CCOc1ccc(OCCN2CCC(N)(C(=O)O)C2)cc1. The standard InChI is InChI=1S/C15H22N2O4/c1-2-20-12-3-5-13(6-4-12)21-10-9-17-8-7-15(16,11-17)14(18)19/h3-6H,2,7-11,16H2,1H3,(H,18,19). The quantitative estimate of drug-likeness (QED) is 0.779. The zero-order chi connectivity index (χ0) is 15.3. The van der Waals surface area contributed by atoms with Crippen LogP contribution in [0, 0.1) is 0 Å². The van der Waals surface area contributed by atoms with E-state index in [1.807, 2.05) is 36.1 Å². The van der Waals surface area contributed by atoms with Crippen LogP contribution < -0.4 is 15.2 Å². The van der Waals surface area contributed by atoms with Gasteiger partial charge in [-0.05, 0) is 37.6 Å². The number of rotatable bonds is 7. The highest BCUT2D eigenvalue weighted by molar-refractivity contribution is 5.79. The largest absolute Gasteiger partial charge is 0.494 e. The fraction of sp³-hybridized carbons (Fsp3) is 0.533. The molecule has 6 heteroatoms. The maximum absolute atomic E-state index is 11.1. The fourth-order valence-electron chi connectivity index (χ4n) is 2.37. The number of likely N-dealkylation sites (tertiary alicyclic amines) is 1. The van der Waals surface area contributed by atoms with Crippen molar-refractivity contribution in [2.75, 3.05) is 32.8 Å². The molecule has 1 aromatic carbocycles. The Morgan fingerprint density at radius 3 is 2.48 bits per heavy atom. The molecule has 1 aliphatic rings. The van der Waals surface area contributed by atoms with Crippen molar-refractivity contribution in [1.29, 1.82) is 0 Å². The van der Waals surface area contributed by atoms with Crippen molar-refractivity contribution in [3.63, 3.8) is 0 Å². The third-order valence-corrected chi connectivity index (χ3v) is 3.62. The number of benzene rings is 1. The molecule has 0 spiro atoms. The monoisotopic (exact) mass is 294 g/mol. The molecule has 0 amide bonds. The number of carbonyl (C=O) groups is 1. The number of hydrogen-bond donors (Lipinski definition) is 2. The number of hydrogen-bond acceptors (Lipinski definition) is 5. The van der Waals surface area contributed by atoms with E-state index in [4.69, 9.17) is 20.3 Å². The second-order valence-electron chi connectivity index (χ2n) is 5.24. The molecule has 1 saturated heterocycles. The molecule has 0 aromatic heterocycles. The van der Waals surface area contributed by atoms with Crippen molar-refractivity contribution in [2.24, 2.45) is 5.73 Å². The summed E-state index contributed by atoms with van der Waals surface area (Å²) < 4.78 is 11.0. The minimum Gasteiger partial charge on any atom is -0.494 e. The first kappa shape index (κ1) is 15.6. The summed E-state index contributed by atoms with van der Waals surface area (Å²) >= 11 is 0. The van der Waals surface area contributed by atoms with Gasteiger partial charge in [0, 0.05) is 19.6 Å². The van der Waals surface area contributed by atoms with Crippen LogP contribution in [0.25, 0.3) is 0 Å². The van der Waals surface area contributed by atoms with E-state index in [1.165, 1.54) is 0 Å². The van der Waals surface area contributed by atoms with Gasteiger partial charge in [-0.1, -0.05) is 0 Å². The molecule has 1 heterocycles. The van der Waals surface area contributed by atoms with Crippen molar-refractivity contribution in [2.45, 2.75) is 18.9 Å². The summed E-state index contributed by atoms with van der Waals surface area (Å²) in [6.07, 6.45) is 0.478. The van der Waals surface area contributed by atoms with Gasteiger partial charge in [-0.15, -0.1) is 0 Å². The summed E-state index contributed by atoms with van der Waals surface area (Å²) in [5.74, 6) is 0.658. The zero-order valence-corrected chi connectivity index (χ0v) is 12.2. The number of carboxylic acid groups (broad SMARTS) is 1. The molecule has 1 fully saturated rings. The Kier molecular flexibility index (Phi) is 5.03. The summed E-state index contributed by atoms with van der Waals surface area (Å²) in [5.41, 5.74) is 4.71. The van der Waals surface area contributed by atoms with E-state index in [0.29, 0.717) is 39.3 Å². The second-order valence-corrected chi connectivity index (χ2v) is 5.24. The molecule has 21 heavy (non-hydrogen) atoms. The third kappa shape index (κ3) is 4.09. The van der Waals surface area contributed by atoms with E-state index in [1.54, 1.807) is 0 Å². The predicted octanol–water partition coefficient (Wildman–Crippen LogP) is 0.952. The van der Waals surface area contributed by atoms with E-state index in [2.05, 4.69) is 0 Å². The molecule has 1 unspecified atom stereocenters. The maximum Gasteiger partial charge on any atom is 0.325 e. The Hall–Kier alpha value is -1.79. The van der Waals surface area contributed by atoms with E-state index >= 15 is 0 Å². The van der Waals surface area contributed by atoms with Crippen LogP contribution in [0.15, 0.2) is 24.3 Å². The molecule has 0 saturated carbocycles. The maximum atomic E-state index is 11.1. The fourth-order valence-corrected chi connectivity index (χ4v) is 2.37. The van der Waals surface area contributed by atoms with E-state index in [0.717, 1.165) is 11.5 Å². The van der Waals surface area contributed by atoms with Crippen molar-refractivity contribution in [1.82, 2.24) is 4.90 Å². The van der Waals surface area contributed by atoms with E-state index in [9.17, 15) is 4.79 Å². The highest BCUT2D eigenvalue weighted by atomic mass is 16.5. The Morgan fingerprint density at radius 2 is 1.95 bits per heavy atom. The van der Waals surface area contributed by atoms with Crippen LogP contribution in [-0.4, -0.2) is 54.4 Å². The Bertz CT molecular complexity index is 477. The van der Waals surface area contributed by atoms with Gasteiger partial charge in [0.1, 0.15) is 23.6 Å². The summed E-state index contributed by atoms with van der Waals surface area (Å²) in [7, 11) is 0. The van der Waals surface area contributed by atoms with Gasteiger partial charge < -0.3 is 20.3 Å². The summed E-state index contributed by atoms with van der Waals surface area (Å²) in [4.78, 5) is 13.1. The average Bonchev–Trinajstić information content (AvgIpc) is 2.84. The Balaban J connectivity index is 1.74. The number of aliphatic carboxylic acids is 1. The average molecular weight is 294 g/mol. The highest BCUT2D eigenvalue weighted by Gasteiger charge is 2.40. The van der Waals surface area contributed by atoms with Gasteiger partial charge in [-0.3, -0.25) is 9.69 Å². The number of nitrogens with two attached hydrogens (primary N) is 1. The lowest BCUT2D eigenvalue weighted by Crippen LogP contribution is -2.50. The van der Waals surface area contributed by atoms with Crippen LogP contribution in [-0.2, 0) is 4.79 Å².